The Morgan fingerprint density at radius 1 is 1.23 bits per heavy atom. The molecule has 0 spiro atoms. The first-order chi connectivity index (χ1) is 5.61. The lowest BCUT2D eigenvalue weighted by atomic mass is 9.96. The van der Waals surface area contributed by atoms with Crippen LogP contribution in [-0.2, 0) is 9.59 Å². The summed E-state index contributed by atoms with van der Waals surface area (Å²) >= 11 is 0. The molecule has 0 aromatic carbocycles. The summed E-state index contributed by atoms with van der Waals surface area (Å²) in [6.07, 6.45) is -7.00. The quantitative estimate of drug-likeness (QED) is 0.587. The molecule has 0 aromatic rings. The van der Waals surface area contributed by atoms with E-state index < -0.39 is 30.1 Å². The van der Waals surface area contributed by atoms with E-state index in [1.807, 2.05) is 0 Å². The molecule has 0 heterocycles. The van der Waals surface area contributed by atoms with Crippen molar-refractivity contribution in [1.82, 2.24) is 0 Å². The molecule has 0 amide bonds. The van der Waals surface area contributed by atoms with Gasteiger partial charge in [-0.15, -0.1) is 0 Å². The average molecular weight is 201 g/mol. The molecular formula is C5H6F3NO4. The number of hydrogen-bond donors (Lipinski definition) is 3. The summed E-state index contributed by atoms with van der Waals surface area (Å²) in [5, 5.41) is 16.1. The van der Waals surface area contributed by atoms with Gasteiger partial charge in [0.2, 0.25) is 5.54 Å². The lowest BCUT2D eigenvalue weighted by Crippen LogP contribution is -2.60. The van der Waals surface area contributed by atoms with Gasteiger partial charge in [0.15, 0.2) is 0 Å². The normalized spacial score (nSPS) is 16.3. The number of hydrogen-bond acceptors (Lipinski definition) is 3. The first-order valence-corrected chi connectivity index (χ1v) is 2.92. The minimum Gasteiger partial charge on any atom is -0.481 e. The molecule has 76 valence electrons. The molecule has 0 unspecified atom stereocenters. The van der Waals surface area contributed by atoms with Gasteiger partial charge in [0.1, 0.15) is 0 Å². The van der Waals surface area contributed by atoms with Crippen molar-refractivity contribution >= 4 is 11.9 Å². The van der Waals surface area contributed by atoms with E-state index in [2.05, 4.69) is 5.73 Å². The summed E-state index contributed by atoms with van der Waals surface area (Å²) in [6.45, 7) is 0. The van der Waals surface area contributed by atoms with Gasteiger partial charge in [0, 0.05) is 0 Å². The van der Waals surface area contributed by atoms with Gasteiger partial charge in [-0.25, -0.2) is 4.79 Å². The number of carboxylic acids is 2. The lowest BCUT2D eigenvalue weighted by molar-refractivity contribution is -0.206. The van der Waals surface area contributed by atoms with Crippen LogP contribution in [0.3, 0.4) is 0 Å². The predicted molar refractivity (Wildman–Crippen MR) is 32.9 cm³/mol. The highest BCUT2D eigenvalue weighted by atomic mass is 19.4. The van der Waals surface area contributed by atoms with Crippen LogP contribution >= 0.6 is 0 Å². The van der Waals surface area contributed by atoms with Gasteiger partial charge in [-0.2, -0.15) is 13.2 Å². The van der Waals surface area contributed by atoms with Crippen molar-refractivity contribution in [3.8, 4) is 0 Å². The maximum absolute atomic E-state index is 11.9. The van der Waals surface area contributed by atoms with Crippen LogP contribution in [0.5, 0.6) is 0 Å². The van der Waals surface area contributed by atoms with Gasteiger partial charge >= 0.3 is 18.1 Å². The third-order valence-electron chi connectivity index (χ3n) is 1.32. The molecule has 0 rings (SSSR count). The smallest absolute Gasteiger partial charge is 0.417 e. The van der Waals surface area contributed by atoms with E-state index in [4.69, 9.17) is 10.2 Å². The molecule has 0 bridgehead atoms. The fourth-order valence-corrected chi connectivity index (χ4v) is 0.536. The zero-order valence-electron chi connectivity index (χ0n) is 6.13. The minimum atomic E-state index is -5.29. The Balaban J connectivity index is 4.96. The third kappa shape index (κ3) is 2.31. The summed E-state index contributed by atoms with van der Waals surface area (Å²) < 4.78 is 35.8. The van der Waals surface area contributed by atoms with E-state index in [1.54, 1.807) is 0 Å². The third-order valence-corrected chi connectivity index (χ3v) is 1.32. The van der Waals surface area contributed by atoms with Gasteiger partial charge in [-0.05, 0) is 0 Å². The Bertz CT molecular complexity index is 238. The van der Waals surface area contributed by atoms with Crippen LogP contribution < -0.4 is 5.73 Å². The molecule has 1 atom stereocenters. The number of rotatable bonds is 3. The maximum Gasteiger partial charge on any atom is 0.417 e. The molecule has 0 aromatic heterocycles. The molecule has 0 saturated carbocycles. The SMILES string of the molecule is N[C@@](CC(=O)O)(C(=O)O)C(F)(F)F. The van der Waals surface area contributed by atoms with Crippen LogP contribution in [0.4, 0.5) is 13.2 Å². The highest BCUT2D eigenvalue weighted by Crippen LogP contribution is 2.31. The molecule has 4 N–H and O–H groups in total. The van der Waals surface area contributed by atoms with E-state index >= 15 is 0 Å². The van der Waals surface area contributed by atoms with Crippen LogP contribution in [0.1, 0.15) is 6.42 Å². The summed E-state index contributed by atoms with van der Waals surface area (Å²) in [4.78, 5) is 20.0. The number of aliphatic carboxylic acids is 2. The molecule has 0 aliphatic heterocycles. The van der Waals surface area contributed by atoms with Gasteiger partial charge < -0.3 is 15.9 Å². The van der Waals surface area contributed by atoms with Gasteiger partial charge in [0.05, 0.1) is 6.42 Å². The average Bonchev–Trinajstić information content (AvgIpc) is 1.82. The standard InChI is InChI=1S/C5H6F3NO4/c6-5(7,8)4(9,3(12)13)1-2(10)11/h1,9H2,(H,10,11)(H,12,13)/t4-/m0/s1. The van der Waals surface area contributed by atoms with E-state index in [0.717, 1.165) is 0 Å². The van der Waals surface area contributed by atoms with Crippen LogP contribution in [0.25, 0.3) is 0 Å². The molecule has 0 fully saturated rings. The number of carbonyl (C=O) groups is 2. The van der Waals surface area contributed by atoms with Crippen molar-refractivity contribution in [3.05, 3.63) is 0 Å². The number of halogens is 3. The summed E-state index contributed by atoms with van der Waals surface area (Å²) in [5.74, 6) is -4.34. The Labute approximate surface area is 69.9 Å². The molecule has 0 saturated heterocycles. The molecule has 0 radical (unpaired) electrons. The number of carboxylic acid groups (broad SMARTS) is 2. The summed E-state index contributed by atoms with van der Waals surface area (Å²) in [6, 6.07) is 0. The topological polar surface area (TPSA) is 101 Å². The second-order valence-corrected chi connectivity index (χ2v) is 2.34. The first-order valence-electron chi connectivity index (χ1n) is 2.92. The van der Waals surface area contributed by atoms with Crippen LogP contribution in [0, 0.1) is 0 Å². The molecule has 0 aliphatic rings. The molecular weight excluding hydrogens is 195 g/mol. The first kappa shape index (κ1) is 11.7. The second-order valence-electron chi connectivity index (χ2n) is 2.34. The minimum absolute atomic E-state index is 1.70. The van der Waals surface area contributed by atoms with Crippen molar-refractivity contribution in [1.29, 1.82) is 0 Å². The van der Waals surface area contributed by atoms with Crippen LogP contribution in [0.15, 0.2) is 0 Å². The Morgan fingerprint density at radius 3 is 1.69 bits per heavy atom. The largest absolute Gasteiger partial charge is 0.481 e. The van der Waals surface area contributed by atoms with E-state index in [-0.39, 0.29) is 0 Å². The highest BCUT2D eigenvalue weighted by Gasteiger charge is 2.59. The fourth-order valence-electron chi connectivity index (χ4n) is 0.536. The predicted octanol–water partition coefficient (Wildman–Crippen LogP) is -0.195. The Kier molecular flexibility index (Phi) is 2.88. The van der Waals surface area contributed by atoms with Gasteiger partial charge in [-0.1, -0.05) is 0 Å². The maximum atomic E-state index is 11.9. The van der Waals surface area contributed by atoms with E-state index in [0.29, 0.717) is 0 Å². The number of nitrogens with two attached hydrogens (primary N) is 1. The van der Waals surface area contributed by atoms with Crippen molar-refractivity contribution in [2.24, 2.45) is 5.73 Å². The van der Waals surface area contributed by atoms with E-state index in [9.17, 15) is 22.8 Å². The van der Waals surface area contributed by atoms with Crippen molar-refractivity contribution in [2.75, 3.05) is 0 Å². The van der Waals surface area contributed by atoms with Crippen LogP contribution in [-0.4, -0.2) is 33.9 Å². The van der Waals surface area contributed by atoms with Crippen LogP contribution in [0.2, 0.25) is 0 Å². The second kappa shape index (κ2) is 3.21. The molecule has 8 heteroatoms. The van der Waals surface area contributed by atoms with E-state index in [1.165, 1.54) is 0 Å². The Morgan fingerprint density at radius 2 is 1.62 bits per heavy atom. The van der Waals surface area contributed by atoms with Crippen molar-refractivity contribution in [2.45, 2.75) is 18.1 Å². The zero-order chi connectivity index (χ0) is 10.9. The summed E-state index contributed by atoms with van der Waals surface area (Å²) in [7, 11) is 0. The zero-order valence-corrected chi connectivity index (χ0v) is 6.13. The molecule has 0 aliphatic carbocycles. The highest BCUT2D eigenvalue weighted by molar-refractivity contribution is 5.85. The number of alkyl halides is 3. The molecule has 13 heavy (non-hydrogen) atoms. The lowest BCUT2D eigenvalue weighted by Gasteiger charge is -2.25. The van der Waals surface area contributed by atoms with Gasteiger partial charge in [-0.3, -0.25) is 4.79 Å². The Hall–Kier alpha value is -1.31. The molecule has 5 nitrogen and oxygen atoms in total. The summed E-state index contributed by atoms with van der Waals surface area (Å²) in [5.41, 5.74) is 0.690. The van der Waals surface area contributed by atoms with Gasteiger partial charge in [0.25, 0.3) is 0 Å². The van der Waals surface area contributed by atoms with Crippen molar-refractivity contribution in [3.63, 3.8) is 0 Å². The van der Waals surface area contributed by atoms with Crippen molar-refractivity contribution < 1.29 is 33.0 Å². The monoisotopic (exact) mass is 201 g/mol. The fraction of sp³-hybridized carbons (Fsp3) is 0.600.